The summed E-state index contributed by atoms with van der Waals surface area (Å²) < 4.78 is 0. The first-order chi connectivity index (χ1) is 7.07. The first kappa shape index (κ1) is 13.3. The van der Waals surface area contributed by atoms with Crippen LogP contribution in [0.3, 0.4) is 0 Å². The second kappa shape index (κ2) is 3.90. The van der Waals surface area contributed by atoms with Gasteiger partial charge in [-0.1, -0.05) is 34.6 Å². The molecule has 0 fully saturated rings. The molecule has 1 aliphatic carbocycles. The van der Waals surface area contributed by atoms with Crippen LogP contribution in [0.2, 0.25) is 0 Å². The van der Waals surface area contributed by atoms with Gasteiger partial charge in [0.2, 0.25) is 5.91 Å². The van der Waals surface area contributed by atoms with Crippen molar-refractivity contribution < 1.29 is 4.79 Å². The number of rotatable bonds is 1. The maximum Gasteiger partial charge on any atom is 0.231 e. The van der Waals surface area contributed by atoms with Gasteiger partial charge in [0, 0.05) is 18.2 Å². The van der Waals surface area contributed by atoms with Crippen molar-refractivity contribution >= 4 is 5.91 Å². The summed E-state index contributed by atoms with van der Waals surface area (Å²) in [6, 6.07) is 0. The average Bonchev–Trinajstić information content (AvgIpc) is 2.39. The maximum absolute atomic E-state index is 12.2. The molecule has 0 saturated heterocycles. The van der Waals surface area contributed by atoms with Crippen LogP contribution < -0.4 is 0 Å². The molecule has 1 aliphatic rings. The van der Waals surface area contributed by atoms with Crippen molar-refractivity contribution in [1.82, 2.24) is 4.90 Å². The van der Waals surface area contributed by atoms with E-state index in [1.165, 1.54) is 11.3 Å². The lowest BCUT2D eigenvalue weighted by Gasteiger charge is -2.28. The number of amides is 1. The highest BCUT2D eigenvalue weighted by molar-refractivity contribution is 5.83. The van der Waals surface area contributed by atoms with E-state index in [-0.39, 0.29) is 16.7 Å². The highest BCUT2D eigenvalue weighted by atomic mass is 16.2. The van der Waals surface area contributed by atoms with E-state index in [0.717, 1.165) is 12.8 Å². The van der Waals surface area contributed by atoms with Crippen LogP contribution in [0.15, 0.2) is 11.3 Å². The molecule has 92 valence electrons. The lowest BCUT2D eigenvalue weighted by Crippen LogP contribution is -2.36. The summed E-state index contributed by atoms with van der Waals surface area (Å²) >= 11 is 0. The van der Waals surface area contributed by atoms with E-state index in [9.17, 15) is 4.79 Å². The zero-order valence-corrected chi connectivity index (χ0v) is 11.8. The quantitative estimate of drug-likeness (QED) is 0.665. The Kier molecular flexibility index (Phi) is 3.24. The summed E-state index contributed by atoms with van der Waals surface area (Å²) in [5.41, 5.74) is 2.55. The molecule has 16 heavy (non-hydrogen) atoms. The first-order valence-electron chi connectivity index (χ1n) is 6.06. The Morgan fingerprint density at radius 1 is 1.31 bits per heavy atom. The van der Waals surface area contributed by atoms with E-state index < -0.39 is 0 Å². The number of allylic oxidation sites excluding steroid dienone is 2. The molecule has 0 bridgehead atoms. The second-order valence-corrected chi connectivity index (χ2v) is 6.57. The van der Waals surface area contributed by atoms with E-state index in [1.807, 2.05) is 32.7 Å². The summed E-state index contributed by atoms with van der Waals surface area (Å²) in [7, 11) is 1.91. The van der Waals surface area contributed by atoms with Gasteiger partial charge in [0.25, 0.3) is 0 Å². The topological polar surface area (TPSA) is 20.3 Å². The van der Waals surface area contributed by atoms with Crippen molar-refractivity contribution in [2.45, 2.75) is 54.4 Å². The fraction of sp³-hybridized carbons (Fsp3) is 0.786. The molecule has 0 aromatic carbocycles. The lowest BCUT2D eigenvalue weighted by molar-refractivity contribution is -0.136. The molecule has 0 aromatic rings. The lowest BCUT2D eigenvalue weighted by atomic mass is 9.87. The summed E-state index contributed by atoms with van der Waals surface area (Å²) in [6.45, 7) is 12.6. The van der Waals surface area contributed by atoms with Gasteiger partial charge in [-0.15, -0.1) is 0 Å². The maximum atomic E-state index is 12.2. The summed E-state index contributed by atoms with van der Waals surface area (Å²) in [5.74, 6) is 0.208. The van der Waals surface area contributed by atoms with Crippen LogP contribution in [0.5, 0.6) is 0 Å². The predicted octanol–water partition coefficient (Wildman–Crippen LogP) is 3.58. The minimum Gasteiger partial charge on any atom is -0.319 e. The van der Waals surface area contributed by atoms with Crippen molar-refractivity contribution in [3.8, 4) is 0 Å². The van der Waals surface area contributed by atoms with E-state index in [0.29, 0.717) is 0 Å². The van der Waals surface area contributed by atoms with Crippen LogP contribution in [-0.4, -0.2) is 17.9 Å². The van der Waals surface area contributed by atoms with Crippen LogP contribution in [0.1, 0.15) is 54.4 Å². The molecule has 0 heterocycles. The molecule has 0 radical (unpaired) electrons. The normalized spacial score (nSPS) is 20.2. The average molecular weight is 223 g/mol. The molecule has 2 nitrogen and oxygen atoms in total. The van der Waals surface area contributed by atoms with Gasteiger partial charge in [-0.25, -0.2) is 0 Å². The Balaban J connectivity index is 2.97. The van der Waals surface area contributed by atoms with Crippen molar-refractivity contribution in [2.75, 3.05) is 7.05 Å². The van der Waals surface area contributed by atoms with Crippen molar-refractivity contribution in [1.29, 1.82) is 0 Å². The fourth-order valence-corrected chi connectivity index (χ4v) is 2.24. The molecule has 0 saturated carbocycles. The molecule has 0 spiro atoms. The summed E-state index contributed by atoms with van der Waals surface area (Å²) in [5, 5.41) is 0. The van der Waals surface area contributed by atoms with E-state index in [1.54, 1.807) is 0 Å². The molecular formula is C14H25NO. The Morgan fingerprint density at radius 3 is 2.12 bits per heavy atom. The molecule has 0 atom stereocenters. The largest absolute Gasteiger partial charge is 0.319 e. The number of hydrogen-bond acceptors (Lipinski definition) is 1. The van der Waals surface area contributed by atoms with Gasteiger partial charge >= 0.3 is 0 Å². The fourth-order valence-electron chi connectivity index (χ4n) is 2.24. The van der Waals surface area contributed by atoms with E-state index >= 15 is 0 Å². The number of carbonyl (C=O) groups is 1. The van der Waals surface area contributed by atoms with E-state index in [4.69, 9.17) is 0 Å². The van der Waals surface area contributed by atoms with Crippen molar-refractivity contribution in [3.05, 3.63) is 11.3 Å². The van der Waals surface area contributed by atoms with E-state index in [2.05, 4.69) is 20.8 Å². The van der Waals surface area contributed by atoms with Crippen molar-refractivity contribution in [2.24, 2.45) is 10.8 Å². The van der Waals surface area contributed by atoms with Crippen LogP contribution in [0.25, 0.3) is 0 Å². The first-order valence-corrected chi connectivity index (χ1v) is 6.06. The molecule has 0 N–H and O–H groups in total. The standard InChI is InChI=1S/C14H25NO/c1-10-11(8-9-14(10,5)6)15(7)12(16)13(2,3)4/h8-9H2,1-7H3. The third-order valence-electron chi connectivity index (χ3n) is 3.79. The van der Waals surface area contributed by atoms with Gasteiger partial charge in [-0.3, -0.25) is 4.79 Å². The van der Waals surface area contributed by atoms with Crippen LogP contribution in [0, 0.1) is 10.8 Å². The zero-order valence-electron chi connectivity index (χ0n) is 11.8. The van der Waals surface area contributed by atoms with Crippen LogP contribution >= 0.6 is 0 Å². The molecule has 1 amide bonds. The highest BCUT2D eigenvalue weighted by Gasteiger charge is 2.35. The molecule has 0 aliphatic heterocycles. The number of nitrogens with zero attached hydrogens (tertiary/aromatic N) is 1. The minimum absolute atomic E-state index is 0.208. The Labute approximate surface area is 99.7 Å². The Bertz CT molecular complexity index is 331. The van der Waals surface area contributed by atoms with Gasteiger partial charge in [0.1, 0.15) is 0 Å². The molecule has 1 rings (SSSR count). The van der Waals surface area contributed by atoms with Gasteiger partial charge in [0.15, 0.2) is 0 Å². The third kappa shape index (κ3) is 2.31. The predicted molar refractivity (Wildman–Crippen MR) is 67.9 cm³/mol. The smallest absolute Gasteiger partial charge is 0.231 e. The third-order valence-corrected chi connectivity index (χ3v) is 3.79. The molecule has 0 unspecified atom stereocenters. The molecular weight excluding hydrogens is 198 g/mol. The summed E-state index contributed by atoms with van der Waals surface area (Å²) in [4.78, 5) is 14.1. The number of hydrogen-bond donors (Lipinski definition) is 0. The Hall–Kier alpha value is -0.790. The van der Waals surface area contributed by atoms with Crippen LogP contribution in [0.4, 0.5) is 0 Å². The Morgan fingerprint density at radius 2 is 1.81 bits per heavy atom. The molecule has 0 aromatic heterocycles. The highest BCUT2D eigenvalue weighted by Crippen LogP contribution is 2.43. The van der Waals surface area contributed by atoms with Gasteiger partial charge in [-0.2, -0.15) is 0 Å². The van der Waals surface area contributed by atoms with Gasteiger partial charge < -0.3 is 4.90 Å². The second-order valence-electron chi connectivity index (χ2n) is 6.57. The van der Waals surface area contributed by atoms with Crippen LogP contribution in [-0.2, 0) is 4.79 Å². The SMILES string of the molecule is CC1=C(N(C)C(=O)C(C)(C)C)CCC1(C)C. The summed E-state index contributed by atoms with van der Waals surface area (Å²) in [6.07, 6.45) is 2.17. The minimum atomic E-state index is -0.297. The van der Waals surface area contributed by atoms with Gasteiger partial charge in [-0.05, 0) is 30.8 Å². The van der Waals surface area contributed by atoms with Crippen molar-refractivity contribution in [3.63, 3.8) is 0 Å². The zero-order chi connectivity index (χ0) is 12.7. The molecule has 2 heteroatoms. The number of carbonyl (C=O) groups excluding carboxylic acids is 1. The monoisotopic (exact) mass is 223 g/mol. The van der Waals surface area contributed by atoms with Gasteiger partial charge in [0.05, 0.1) is 0 Å².